The fourth-order valence-corrected chi connectivity index (χ4v) is 1.06. The standard InChI is InChI=1S/C6H12N2O3S.C2H6/c1-12-3-4(7)6(11)8-2-5(9)10;1-2/h4H,2-3,7H2,1H3,(H,8,11)(H,9,10);1-2H3. The van der Waals surface area contributed by atoms with Crippen LogP contribution in [-0.2, 0) is 9.59 Å². The number of hydrogen-bond acceptors (Lipinski definition) is 4. The normalized spacial score (nSPS) is 10.9. The van der Waals surface area contributed by atoms with Gasteiger partial charge in [0, 0.05) is 5.75 Å². The quantitative estimate of drug-likeness (QED) is 0.604. The number of hydrogen-bond donors (Lipinski definition) is 3. The van der Waals surface area contributed by atoms with Crippen LogP contribution >= 0.6 is 11.8 Å². The van der Waals surface area contributed by atoms with Crippen LogP contribution in [0.1, 0.15) is 13.8 Å². The Bertz CT molecular complexity index is 176. The van der Waals surface area contributed by atoms with Crippen molar-refractivity contribution in [3.63, 3.8) is 0 Å². The lowest BCUT2D eigenvalue weighted by molar-refractivity contribution is -0.138. The highest BCUT2D eigenvalue weighted by atomic mass is 32.2. The van der Waals surface area contributed by atoms with Crippen molar-refractivity contribution < 1.29 is 14.7 Å². The van der Waals surface area contributed by atoms with Gasteiger partial charge in [-0.25, -0.2) is 0 Å². The van der Waals surface area contributed by atoms with Crippen molar-refractivity contribution in [2.45, 2.75) is 19.9 Å². The van der Waals surface area contributed by atoms with Crippen molar-refractivity contribution >= 4 is 23.6 Å². The Morgan fingerprint density at radius 1 is 1.50 bits per heavy atom. The van der Waals surface area contributed by atoms with Crippen LogP contribution in [0.3, 0.4) is 0 Å². The summed E-state index contributed by atoms with van der Waals surface area (Å²) in [7, 11) is 0. The first-order chi connectivity index (χ1) is 6.57. The lowest BCUT2D eigenvalue weighted by Gasteiger charge is -2.08. The van der Waals surface area contributed by atoms with Crippen LogP contribution in [0.5, 0.6) is 0 Å². The van der Waals surface area contributed by atoms with E-state index in [1.54, 1.807) is 0 Å². The number of carboxylic acid groups (broad SMARTS) is 1. The van der Waals surface area contributed by atoms with Crippen LogP contribution in [0.15, 0.2) is 0 Å². The number of carbonyl (C=O) groups is 2. The number of thioether (sulfide) groups is 1. The molecule has 4 N–H and O–H groups in total. The van der Waals surface area contributed by atoms with E-state index in [0.717, 1.165) is 0 Å². The maximum Gasteiger partial charge on any atom is 0.322 e. The van der Waals surface area contributed by atoms with Gasteiger partial charge in [-0.2, -0.15) is 11.8 Å². The van der Waals surface area contributed by atoms with E-state index < -0.39 is 17.9 Å². The summed E-state index contributed by atoms with van der Waals surface area (Å²) in [5.41, 5.74) is 5.39. The summed E-state index contributed by atoms with van der Waals surface area (Å²) in [5.74, 6) is -1.00. The maximum atomic E-state index is 10.9. The average molecular weight is 222 g/mol. The van der Waals surface area contributed by atoms with E-state index in [9.17, 15) is 9.59 Å². The van der Waals surface area contributed by atoms with Gasteiger partial charge < -0.3 is 16.2 Å². The molecule has 0 bridgehead atoms. The van der Waals surface area contributed by atoms with Gasteiger partial charge in [0.05, 0.1) is 6.04 Å². The minimum atomic E-state index is -1.07. The Kier molecular flexibility index (Phi) is 11.6. The Labute approximate surface area is 88.4 Å². The Balaban J connectivity index is 0. The second kappa shape index (κ2) is 10.3. The van der Waals surface area contributed by atoms with Gasteiger partial charge in [0.15, 0.2) is 0 Å². The molecule has 0 aliphatic carbocycles. The van der Waals surface area contributed by atoms with Crippen molar-refractivity contribution in [2.24, 2.45) is 5.73 Å². The molecular weight excluding hydrogens is 204 g/mol. The molecule has 84 valence electrons. The summed E-state index contributed by atoms with van der Waals surface area (Å²) < 4.78 is 0. The molecule has 0 aliphatic rings. The van der Waals surface area contributed by atoms with Gasteiger partial charge in [-0.05, 0) is 6.26 Å². The van der Waals surface area contributed by atoms with Crippen LogP contribution < -0.4 is 11.1 Å². The van der Waals surface area contributed by atoms with Crippen molar-refractivity contribution in [2.75, 3.05) is 18.6 Å². The Morgan fingerprint density at radius 3 is 2.36 bits per heavy atom. The van der Waals surface area contributed by atoms with Gasteiger partial charge in [-0.1, -0.05) is 13.8 Å². The number of nitrogens with two attached hydrogens (primary N) is 1. The number of amides is 1. The van der Waals surface area contributed by atoms with Crippen LogP contribution in [-0.4, -0.2) is 41.6 Å². The molecule has 0 spiro atoms. The summed E-state index contributed by atoms with van der Waals surface area (Å²) in [4.78, 5) is 20.9. The average Bonchev–Trinajstić information content (AvgIpc) is 2.17. The van der Waals surface area contributed by atoms with E-state index in [1.165, 1.54) is 11.8 Å². The summed E-state index contributed by atoms with van der Waals surface area (Å²) in [6.45, 7) is 3.63. The third kappa shape index (κ3) is 9.34. The molecule has 0 rings (SSSR count). The first kappa shape index (κ1) is 15.7. The molecule has 6 heteroatoms. The second-order valence-corrected chi connectivity index (χ2v) is 3.08. The molecule has 1 unspecified atom stereocenters. The zero-order valence-corrected chi connectivity index (χ0v) is 9.56. The molecule has 5 nitrogen and oxygen atoms in total. The zero-order chi connectivity index (χ0) is 11.6. The van der Waals surface area contributed by atoms with Gasteiger partial charge in [-0.3, -0.25) is 9.59 Å². The molecule has 0 fully saturated rings. The molecular formula is C8H18N2O3S. The molecule has 1 amide bonds. The molecule has 0 aromatic carbocycles. The number of aliphatic carboxylic acids is 1. The Morgan fingerprint density at radius 2 is 2.00 bits per heavy atom. The molecule has 0 saturated heterocycles. The smallest absolute Gasteiger partial charge is 0.322 e. The van der Waals surface area contributed by atoms with E-state index in [1.807, 2.05) is 20.1 Å². The molecule has 14 heavy (non-hydrogen) atoms. The minimum Gasteiger partial charge on any atom is -0.480 e. The lowest BCUT2D eigenvalue weighted by atomic mass is 10.3. The third-order valence-electron chi connectivity index (χ3n) is 1.10. The second-order valence-electron chi connectivity index (χ2n) is 2.17. The maximum absolute atomic E-state index is 10.9. The fraction of sp³-hybridized carbons (Fsp3) is 0.750. The van der Waals surface area contributed by atoms with Gasteiger partial charge in [-0.15, -0.1) is 0 Å². The van der Waals surface area contributed by atoms with Crippen LogP contribution in [0.2, 0.25) is 0 Å². The topological polar surface area (TPSA) is 92.4 Å². The largest absolute Gasteiger partial charge is 0.480 e. The molecule has 1 atom stereocenters. The molecule has 0 aromatic heterocycles. The van der Waals surface area contributed by atoms with Gasteiger partial charge >= 0.3 is 5.97 Å². The van der Waals surface area contributed by atoms with Crippen LogP contribution in [0.4, 0.5) is 0 Å². The molecule has 0 aromatic rings. The first-order valence-corrected chi connectivity index (χ1v) is 5.71. The van der Waals surface area contributed by atoms with Gasteiger partial charge in [0.1, 0.15) is 6.54 Å². The van der Waals surface area contributed by atoms with Gasteiger partial charge in [0.2, 0.25) is 5.91 Å². The number of carboxylic acids is 1. The summed E-state index contributed by atoms with van der Waals surface area (Å²) >= 11 is 1.44. The summed E-state index contributed by atoms with van der Waals surface area (Å²) in [6.07, 6.45) is 1.82. The van der Waals surface area contributed by atoms with Crippen molar-refractivity contribution in [3.05, 3.63) is 0 Å². The first-order valence-electron chi connectivity index (χ1n) is 4.32. The number of carbonyl (C=O) groups excluding carboxylic acids is 1. The molecule has 0 radical (unpaired) electrons. The van der Waals surface area contributed by atoms with Crippen molar-refractivity contribution in [3.8, 4) is 0 Å². The highest BCUT2D eigenvalue weighted by Crippen LogP contribution is 1.93. The number of nitrogens with one attached hydrogen (secondary N) is 1. The van der Waals surface area contributed by atoms with Gasteiger partial charge in [0.25, 0.3) is 0 Å². The monoisotopic (exact) mass is 222 g/mol. The SMILES string of the molecule is CC.CSCC(N)C(=O)NCC(=O)O. The van der Waals surface area contributed by atoms with E-state index >= 15 is 0 Å². The van der Waals surface area contributed by atoms with E-state index in [-0.39, 0.29) is 6.54 Å². The minimum absolute atomic E-state index is 0.374. The summed E-state index contributed by atoms with van der Waals surface area (Å²) in [6, 6.07) is -0.626. The van der Waals surface area contributed by atoms with Crippen LogP contribution in [0.25, 0.3) is 0 Å². The summed E-state index contributed by atoms with van der Waals surface area (Å²) in [5, 5.41) is 10.4. The predicted octanol–water partition coefficient (Wildman–Crippen LogP) is -0.0963. The van der Waals surface area contributed by atoms with Crippen molar-refractivity contribution in [1.82, 2.24) is 5.32 Å². The van der Waals surface area contributed by atoms with E-state index in [4.69, 9.17) is 10.8 Å². The zero-order valence-electron chi connectivity index (χ0n) is 8.74. The van der Waals surface area contributed by atoms with E-state index in [2.05, 4.69) is 5.32 Å². The molecule has 0 aliphatic heterocycles. The van der Waals surface area contributed by atoms with Crippen molar-refractivity contribution in [1.29, 1.82) is 0 Å². The fourth-order valence-electron chi connectivity index (χ4n) is 0.549. The molecule has 0 heterocycles. The Hall–Kier alpha value is -0.750. The highest BCUT2D eigenvalue weighted by molar-refractivity contribution is 7.98. The predicted molar refractivity (Wildman–Crippen MR) is 58.4 cm³/mol. The van der Waals surface area contributed by atoms with Crippen LogP contribution in [0, 0.1) is 0 Å². The third-order valence-corrected chi connectivity index (χ3v) is 1.79. The lowest BCUT2D eigenvalue weighted by Crippen LogP contribution is -2.43. The highest BCUT2D eigenvalue weighted by Gasteiger charge is 2.12. The number of rotatable bonds is 5. The van der Waals surface area contributed by atoms with E-state index in [0.29, 0.717) is 5.75 Å². The molecule has 0 saturated carbocycles.